The summed E-state index contributed by atoms with van der Waals surface area (Å²) in [6.07, 6.45) is 0.770. The van der Waals surface area contributed by atoms with Crippen molar-refractivity contribution >= 4 is 11.6 Å². The maximum atomic E-state index is 12.4. The average Bonchev–Trinajstić information content (AvgIpc) is 3.15. The van der Waals surface area contributed by atoms with E-state index in [9.17, 15) is 4.79 Å². The molecule has 0 aliphatic carbocycles. The summed E-state index contributed by atoms with van der Waals surface area (Å²) in [5, 5.41) is 9.80. The van der Waals surface area contributed by atoms with Crippen molar-refractivity contribution in [2.75, 3.05) is 26.9 Å². The van der Waals surface area contributed by atoms with Crippen LogP contribution in [0.25, 0.3) is 20.9 Å². The van der Waals surface area contributed by atoms with E-state index < -0.39 is 0 Å². The van der Waals surface area contributed by atoms with Gasteiger partial charge in [-0.25, -0.2) is 0 Å². The molecular weight excluding hydrogens is 326 g/mol. The van der Waals surface area contributed by atoms with Gasteiger partial charge in [-0.05, 0) is 41.2 Å². The Balaban J connectivity index is 2.09. The number of ether oxygens (including phenoxy) is 2. The zero-order valence-corrected chi connectivity index (χ0v) is 13.8. The van der Waals surface area contributed by atoms with Gasteiger partial charge in [0.1, 0.15) is 0 Å². The molecule has 10 heteroatoms. The highest BCUT2D eigenvalue weighted by Gasteiger charge is 2.26. The van der Waals surface area contributed by atoms with Crippen LogP contribution < -0.4 is 5.32 Å². The van der Waals surface area contributed by atoms with Gasteiger partial charge in [-0.1, -0.05) is 10.2 Å². The van der Waals surface area contributed by atoms with Gasteiger partial charge in [0.2, 0.25) is 0 Å². The van der Waals surface area contributed by atoms with Crippen LogP contribution in [0.2, 0.25) is 0 Å². The zero-order chi connectivity index (χ0) is 18.1. The maximum Gasteiger partial charge on any atom is 0.251 e. The number of hydrogen-bond donors (Lipinski definition) is 1. The van der Waals surface area contributed by atoms with Crippen LogP contribution in [0.5, 0.6) is 0 Å². The Bertz CT molecular complexity index is 705. The molecule has 25 heavy (non-hydrogen) atoms. The molecule has 0 spiro atoms. The molecule has 2 rings (SSSR count). The first-order valence-electron chi connectivity index (χ1n) is 7.76. The molecule has 0 saturated carbocycles. The summed E-state index contributed by atoms with van der Waals surface area (Å²) >= 11 is 0. The molecule has 0 bridgehead atoms. The molecule has 0 radical (unpaired) electrons. The van der Waals surface area contributed by atoms with Crippen molar-refractivity contribution in [3.8, 4) is 0 Å². The van der Waals surface area contributed by atoms with Crippen molar-refractivity contribution in [1.82, 2.24) is 5.32 Å². The number of carbonyl (C=O) groups is 1. The van der Waals surface area contributed by atoms with Gasteiger partial charge in [-0.15, -0.1) is 0 Å². The van der Waals surface area contributed by atoms with Crippen LogP contribution >= 0.6 is 0 Å². The Morgan fingerprint density at radius 3 is 2.92 bits per heavy atom. The molecule has 132 valence electrons. The Labute approximate surface area is 144 Å². The fourth-order valence-corrected chi connectivity index (χ4v) is 2.70. The summed E-state index contributed by atoms with van der Waals surface area (Å²) in [5.41, 5.74) is 18.2. The molecule has 0 aromatic heterocycles. The molecule has 1 saturated heterocycles. The monoisotopic (exact) mass is 345 g/mol. The molecule has 1 amide bonds. The van der Waals surface area contributed by atoms with E-state index in [1.54, 1.807) is 19.2 Å². The molecule has 1 aromatic carbocycles. The van der Waals surface area contributed by atoms with Gasteiger partial charge in [0.05, 0.1) is 19.3 Å². The highest BCUT2D eigenvalue weighted by atomic mass is 16.5. The van der Waals surface area contributed by atoms with E-state index in [4.69, 9.17) is 20.5 Å². The van der Waals surface area contributed by atoms with Crippen molar-refractivity contribution < 1.29 is 14.3 Å². The van der Waals surface area contributed by atoms with Crippen LogP contribution in [-0.2, 0) is 16.0 Å². The van der Waals surface area contributed by atoms with Crippen LogP contribution in [0.4, 0.5) is 5.69 Å². The van der Waals surface area contributed by atoms with Crippen molar-refractivity contribution in [3.63, 3.8) is 0 Å². The summed E-state index contributed by atoms with van der Waals surface area (Å²) < 4.78 is 10.8. The van der Waals surface area contributed by atoms with Gasteiger partial charge < -0.3 is 14.8 Å². The van der Waals surface area contributed by atoms with E-state index in [0.717, 1.165) is 6.42 Å². The summed E-state index contributed by atoms with van der Waals surface area (Å²) in [4.78, 5) is 17.8. The lowest BCUT2D eigenvalue weighted by atomic mass is 10.0. The average molecular weight is 345 g/mol. The summed E-state index contributed by atoms with van der Waals surface area (Å²) in [6.45, 7) is 1.74. The van der Waals surface area contributed by atoms with Crippen LogP contribution in [-0.4, -0.2) is 38.9 Å². The van der Waals surface area contributed by atoms with E-state index in [2.05, 4.69) is 25.4 Å². The third-order valence-corrected chi connectivity index (χ3v) is 3.97. The Hall–Kier alpha value is -2.77. The lowest BCUT2D eigenvalue weighted by molar-refractivity contribution is 0.0438. The number of rotatable bonds is 8. The van der Waals surface area contributed by atoms with Crippen molar-refractivity contribution in [2.24, 2.45) is 16.1 Å². The molecular formula is C15H19N7O3. The highest BCUT2D eigenvalue weighted by Crippen LogP contribution is 2.20. The number of benzene rings is 1. The Morgan fingerprint density at radius 2 is 2.28 bits per heavy atom. The number of carbonyl (C=O) groups excluding carboxylic acids is 1. The molecule has 1 heterocycles. The largest absolute Gasteiger partial charge is 0.381 e. The second-order valence-corrected chi connectivity index (χ2v) is 5.57. The number of azide groups is 2. The van der Waals surface area contributed by atoms with Gasteiger partial charge in [0.15, 0.2) is 0 Å². The minimum Gasteiger partial charge on any atom is -0.381 e. The normalized spacial score (nSPS) is 17.2. The van der Waals surface area contributed by atoms with E-state index in [0.29, 0.717) is 30.9 Å². The standard InChI is InChI=1S/C15H19N7O3/c1-24-14(11-2-3-25-9-11)8-18-15(23)12-4-10(7-19-21-16)5-13(6-12)20-22-17/h4-6,11,14H,2-3,7-9H2,1H3,(H,18,23). The Morgan fingerprint density at radius 1 is 1.44 bits per heavy atom. The van der Waals surface area contributed by atoms with Gasteiger partial charge >= 0.3 is 0 Å². The number of nitrogens with one attached hydrogen (secondary N) is 1. The Kier molecular flexibility index (Phi) is 7.06. The molecule has 10 nitrogen and oxygen atoms in total. The molecule has 2 atom stereocenters. The molecule has 1 aliphatic heterocycles. The molecule has 1 aliphatic rings. The first-order chi connectivity index (χ1) is 12.2. The maximum absolute atomic E-state index is 12.4. The third kappa shape index (κ3) is 5.37. The molecule has 1 N–H and O–H groups in total. The fourth-order valence-electron chi connectivity index (χ4n) is 2.70. The van der Waals surface area contributed by atoms with E-state index >= 15 is 0 Å². The second-order valence-electron chi connectivity index (χ2n) is 5.57. The molecule has 2 unspecified atom stereocenters. The van der Waals surface area contributed by atoms with Crippen LogP contribution in [0, 0.1) is 5.92 Å². The number of nitrogens with zero attached hydrogens (tertiary/aromatic N) is 6. The lowest BCUT2D eigenvalue weighted by Crippen LogP contribution is -2.37. The first-order valence-corrected chi connectivity index (χ1v) is 7.76. The van der Waals surface area contributed by atoms with Crippen LogP contribution in [0.1, 0.15) is 22.3 Å². The smallest absolute Gasteiger partial charge is 0.251 e. The SMILES string of the molecule is COC(CNC(=O)c1cc(CN=[N+]=[N-])cc(N=[N+]=[N-])c1)C1CCOC1. The minimum absolute atomic E-state index is 0.0612. The van der Waals surface area contributed by atoms with E-state index in [1.807, 2.05) is 0 Å². The topological polar surface area (TPSA) is 145 Å². The molecule has 1 aromatic rings. The second kappa shape index (κ2) is 9.51. The van der Waals surface area contributed by atoms with Gasteiger partial charge in [-0.3, -0.25) is 4.79 Å². The fraction of sp³-hybridized carbons (Fsp3) is 0.533. The van der Waals surface area contributed by atoms with Crippen molar-refractivity contribution in [3.05, 3.63) is 50.2 Å². The third-order valence-electron chi connectivity index (χ3n) is 3.97. The predicted molar refractivity (Wildman–Crippen MR) is 90.2 cm³/mol. The number of methoxy groups -OCH3 is 1. The zero-order valence-electron chi connectivity index (χ0n) is 13.8. The summed E-state index contributed by atoms with van der Waals surface area (Å²) in [7, 11) is 1.61. The quantitative estimate of drug-likeness (QED) is 0.438. The number of amides is 1. The van der Waals surface area contributed by atoms with Crippen LogP contribution in [0.15, 0.2) is 28.4 Å². The van der Waals surface area contributed by atoms with Gasteiger partial charge in [0.25, 0.3) is 5.91 Å². The van der Waals surface area contributed by atoms with Gasteiger partial charge in [-0.2, -0.15) is 0 Å². The van der Waals surface area contributed by atoms with Crippen molar-refractivity contribution in [2.45, 2.75) is 19.1 Å². The molecule has 1 fully saturated rings. The first kappa shape index (κ1) is 18.6. The minimum atomic E-state index is -0.321. The van der Waals surface area contributed by atoms with E-state index in [-0.39, 0.29) is 30.2 Å². The summed E-state index contributed by atoms with van der Waals surface area (Å²) in [5.74, 6) is -0.0708. The van der Waals surface area contributed by atoms with Gasteiger partial charge in [0, 0.05) is 47.3 Å². The lowest BCUT2D eigenvalue weighted by Gasteiger charge is -2.21. The predicted octanol–water partition coefficient (Wildman–Crippen LogP) is 3.22. The van der Waals surface area contributed by atoms with E-state index in [1.165, 1.54) is 6.07 Å². The van der Waals surface area contributed by atoms with Crippen LogP contribution in [0.3, 0.4) is 0 Å². The highest BCUT2D eigenvalue weighted by molar-refractivity contribution is 5.95. The number of hydrogen-bond acceptors (Lipinski definition) is 5. The van der Waals surface area contributed by atoms with Crippen molar-refractivity contribution in [1.29, 1.82) is 0 Å². The summed E-state index contributed by atoms with van der Waals surface area (Å²) in [6, 6.07) is 4.65.